The standard InChI is InChI=1S/C24H42O21/c25-1-5-9(29)12(32)15(35)22(40-5)43-18-8(4-28)42-24(17(37)14(18)34)44-19-11(31)7(3-27)39-21(38)20(19)45-23-16(36)13(33)10(30)6(2-26)41-23/h5-38H,1-4H2/t5-,6-,7-,8-,9+,10+,11+,12+,13+,14-,15-,16-,17-,18+,19+,20-,21?,22+,23+,24+/m1/s1. The van der Waals surface area contributed by atoms with Gasteiger partial charge in [0.1, 0.15) is 97.7 Å². The van der Waals surface area contributed by atoms with Crippen molar-refractivity contribution in [2.45, 2.75) is 123 Å². The molecule has 0 radical (unpaired) electrons. The lowest BCUT2D eigenvalue weighted by molar-refractivity contribution is -0.395. The van der Waals surface area contributed by atoms with Crippen LogP contribution in [0.2, 0.25) is 0 Å². The van der Waals surface area contributed by atoms with Crippen molar-refractivity contribution in [1.82, 2.24) is 0 Å². The highest BCUT2D eigenvalue weighted by molar-refractivity contribution is 4.97. The zero-order chi connectivity index (χ0) is 33.3. The van der Waals surface area contributed by atoms with Gasteiger partial charge in [-0.25, -0.2) is 0 Å². The van der Waals surface area contributed by atoms with Gasteiger partial charge in [-0.1, -0.05) is 0 Å². The molecule has 0 spiro atoms. The predicted molar refractivity (Wildman–Crippen MR) is 134 cm³/mol. The molecule has 21 nitrogen and oxygen atoms in total. The normalized spacial score (nSPS) is 52.9. The Kier molecular flexibility index (Phi) is 12.8. The molecular weight excluding hydrogens is 624 g/mol. The van der Waals surface area contributed by atoms with E-state index in [0.717, 1.165) is 0 Å². The van der Waals surface area contributed by atoms with Crippen molar-refractivity contribution in [1.29, 1.82) is 0 Å². The lowest BCUT2D eigenvalue weighted by Gasteiger charge is -2.49. The molecule has 0 aromatic heterocycles. The SMILES string of the molecule is OC[C@H]1O[C@@H](O[C@@H]2[C@H](O)[C@@H](O)[C@H](O[C@H]3[C@@H](O)[C@@H](CO)OC(O)[C@@H]3O[C@@H]3O[C@H](CO)[C@H](O)[C@H](O)[C@H]3O)O[C@@H]2CO)[C@H](O)[C@@H](O)[C@H]1O. The van der Waals surface area contributed by atoms with E-state index in [1.54, 1.807) is 0 Å². The summed E-state index contributed by atoms with van der Waals surface area (Å²) < 4.78 is 37.9. The fraction of sp³-hybridized carbons (Fsp3) is 1.00. The van der Waals surface area contributed by atoms with Gasteiger partial charge in [0.2, 0.25) is 0 Å². The van der Waals surface area contributed by atoms with Crippen LogP contribution in [0.5, 0.6) is 0 Å². The first kappa shape index (κ1) is 37.0. The largest absolute Gasteiger partial charge is 0.394 e. The maximum absolute atomic E-state index is 10.9. The van der Waals surface area contributed by atoms with Gasteiger partial charge in [0.15, 0.2) is 25.2 Å². The molecule has 45 heavy (non-hydrogen) atoms. The van der Waals surface area contributed by atoms with Crippen molar-refractivity contribution in [3.63, 3.8) is 0 Å². The first-order valence-corrected chi connectivity index (χ1v) is 14.1. The van der Waals surface area contributed by atoms with Crippen LogP contribution in [0.25, 0.3) is 0 Å². The molecule has 4 aliphatic rings. The highest BCUT2D eigenvalue weighted by Gasteiger charge is 2.55. The molecule has 4 fully saturated rings. The van der Waals surface area contributed by atoms with E-state index in [0.29, 0.717) is 0 Å². The second-order valence-electron chi connectivity index (χ2n) is 11.1. The van der Waals surface area contributed by atoms with Gasteiger partial charge in [-0.05, 0) is 0 Å². The smallest absolute Gasteiger partial charge is 0.187 e. The third-order valence-electron chi connectivity index (χ3n) is 8.21. The van der Waals surface area contributed by atoms with Gasteiger partial charge >= 0.3 is 0 Å². The molecule has 264 valence electrons. The van der Waals surface area contributed by atoms with Crippen molar-refractivity contribution >= 4 is 0 Å². The summed E-state index contributed by atoms with van der Waals surface area (Å²) in [5, 5.41) is 143. The number of hydrogen-bond acceptors (Lipinski definition) is 21. The summed E-state index contributed by atoms with van der Waals surface area (Å²) >= 11 is 0. The van der Waals surface area contributed by atoms with Crippen LogP contribution in [0.15, 0.2) is 0 Å². The average molecular weight is 667 g/mol. The molecule has 4 saturated heterocycles. The quantitative estimate of drug-likeness (QED) is 0.103. The monoisotopic (exact) mass is 666 g/mol. The Labute approximate surface area is 254 Å². The van der Waals surface area contributed by atoms with Crippen LogP contribution in [0.1, 0.15) is 0 Å². The molecular formula is C24H42O21. The molecule has 14 N–H and O–H groups in total. The van der Waals surface area contributed by atoms with Gasteiger partial charge in [0, 0.05) is 0 Å². The lowest BCUT2D eigenvalue weighted by Crippen LogP contribution is -2.67. The number of aliphatic hydroxyl groups is 14. The molecule has 20 atom stereocenters. The summed E-state index contributed by atoms with van der Waals surface area (Å²) in [5.74, 6) is 0. The number of hydrogen-bond donors (Lipinski definition) is 14. The summed E-state index contributed by atoms with van der Waals surface area (Å²) in [6, 6.07) is 0. The molecule has 0 bridgehead atoms. The molecule has 21 heteroatoms. The molecule has 1 unspecified atom stereocenters. The van der Waals surface area contributed by atoms with Gasteiger partial charge in [-0.2, -0.15) is 0 Å². The summed E-state index contributed by atoms with van der Waals surface area (Å²) in [4.78, 5) is 0. The van der Waals surface area contributed by atoms with E-state index >= 15 is 0 Å². The van der Waals surface area contributed by atoms with Gasteiger partial charge in [-0.15, -0.1) is 0 Å². The molecule has 4 heterocycles. The van der Waals surface area contributed by atoms with E-state index in [2.05, 4.69) is 0 Å². The van der Waals surface area contributed by atoms with Crippen molar-refractivity contribution < 1.29 is 105 Å². The number of ether oxygens (including phenoxy) is 7. The van der Waals surface area contributed by atoms with E-state index in [4.69, 9.17) is 33.2 Å². The Morgan fingerprint density at radius 2 is 0.689 bits per heavy atom. The minimum Gasteiger partial charge on any atom is -0.394 e. The first-order valence-electron chi connectivity index (χ1n) is 14.1. The van der Waals surface area contributed by atoms with Crippen LogP contribution in [0.4, 0.5) is 0 Å². The van der Waals surface area contributed by atoms with E-state index in [1.807, 2.05) is 0 Å². The summed E-state index contributed by atoms with van der Waals surface area (Å²) in [5.41, 5.74) is 0. The molecule has 0 saturated carbocycles. The average Bonchev–Trinajstić information content (AvgIpc) is 3.03. The van der Waals surface area contributed by atoms with Crippen molar-refractivity contribution in [3.05, 3.63) is 0 Å². The molecule has 0 aromatic rings. The Morgan fingerprint density at radius 1 is 0.333 bits per heavy atom. The highest BCUT2D eigenvalue weighted by atomic mass is 16.8. The number of aliphatic hydroxyl groups excluding tert-OH is 14. The van der Waals surface area contributed by atoms with Gasteiger partial charge in [0.05, 0.1) is 26.4 Å². The van der Waals surface area contributed by atoms with Gasteiger partial charge < -0.3 is 105 Å². The maximum atomic E-state index is 10.9. The summed E-state index contributed by atoms with van der Waals surface area (Å²) in [6.07, 6.45) is -35.9. The summed E-state index contributed by atoms with van der Waals surface area (Å²) in [7, 11) is 0. The van der Waals surface area contributed by atoms with E-state index in [1.165, 1.54) is 0 Å². The van der Waals surface area contributed by atoms with Crippen LogP contribution in [0, 0.1) is 0 Å². The van der Waals surface area contributed by atoms with Crippen LogP contribution in [-0.2, 0) is 33.2 Å². The van der Waals surface area contributed by atoms with Crippen molar-refractivity contribution in [2.24, 2.45) is 0 Å². The third kappa shape index (κ3) is 7.44. The second-order valence-corrected chi connectivity index (χ2v) is 11.1. The maximum Gasteiger partial charge on any atom is 0.187 e. The first-order chi connectivity index (χ1) is 21.3. The van der Waals surface area contributed by atoms with Crippen LogP contribution < -0.4 is 0 Å². The number of rotatable bonds is 10. The molecule has 0 aliphatic carbocycles. The predicted octanol–water partition coefficient (Wildman–Crippen LogP) is -9.75. The Hall–Kier alpha value is -0.840. The molecule has 0 amide bonds. The molecule has 4 rings (SSSR count). The summed E-state index contributed by atoms with van der Waals surface area (Å²) in [6.45, 7) is -3.40. The minimum atomic E-state index is -2.07. The zero-order valence-electron chi connectivity index (χ0n) is 23.5. The van der Waals surface area contributed by atoms with E-state index in [9.17, 15) is 71.5 Å². The lowest BCUT2D eigenvalue weighted by atomic mass is 9.95. The zero-order valence-corrected chi connectivity index (χ0v) is 23.5. The van der Waals surface area contributed by atoms with Crippen LogP contribution >= 0.6 is 0 Å². The fourth-order valence-corrected chi connectivity index (χ4v) is 5.52. The molecule has 4 aliphatic heterocycles. The van der Waals surface area contributed by atoms with E-state index < -0.39 is 149 Å². The van der Waals surface area contributed by atoms with E-state index in [-0.39, 0.29) is 0 Å². The Bertz CT molecular complexity index is 912. The van der Waals surface area contributed by atoms with Gasteiger partial charge in [0.25, 0.3) is 0 Å². The Morgan fingerprint density at radius 3 is 1.13 bits per heavy atom. The van der Waals surface area contributed by atoms with Crippen LogP contribution in [-0.4, -0.2) is 221 Å². The third-order valence-corrected chi connectivity index (χ3v) is 8.21. The Balaban J connectivity index is 1.52. The van der Waals surface area contributed by atoms with Gasteiger partial charge in [-0.3, -0.25) is 0 Å². The topological polar surface area (TPSA) is 348 Å². The van der Waals surface area contributed by atoms with Crippen molar-refractivity contribution in [3.8, 4) is 0 Å². The fourth-order valence-electron chi connectivity index (χ4n) is 5.52. The van der Waals surface area contributed by atoms with Crippen molar-refractivity contribution in [2.75, 3.05) is 26.4 Å². The molecule has 0 aromatic carbocycles. The highest BCUT2D eigenvalue weighted by Crippen LogP contribution is 2.34. The second kappa shape index (κ2) is 15.6. The minimum absolute atomic E-state index is 0.795. The van der Waals surface area contributed by atoms with Crippen LogP contribution in [0.3, 0.4) is 0 Å².